The number of hydrogen-bond acceptors (Lipinski definition) is 3. The minimum Gasteiger partial charge on any atom is -0.368 e. The van der Waals surface area contributed by atoms with E-state index >= 15 is 0 Å². The molecule has 1 aliphatic heterocycles. The summed E-state index contributed by atoms with van der Waals surface area (Å²) in [5.41, 5.74) is 1.01. The lowest BCUT2D eigenvalue weighted by Crippen LogP contribution is -2.30. The van der Waals surface area contributed by atoms with Crippen LogP contribution < -0.4 is 0 Å². The van der Waals surface area contributed by atoms with E-state index in [1.807, 2.05) is 0 Å². The molecule has 1 heterocycles. The molecule has 2 rings (SSSR count). The molecule has 4 nitrogen and oxygen atoms in total. The topological polar surface area (TPSA) is 46.6 Å². The summed E-state index contributed by atoms with van der Waals surface area (Å²) in [6.07, 6.45) is 0. The van der Waals surface area contributed by atoms with Crippen molar-refractivity contribution >= 4 is 11.8 Å². The molecule has 0 saturated heterocycles. The van der Waals surface area contributed by atoms with Crippen molar-refractivity contribution in [2.45, 2.75) is 20.8 Å². The van der Waals surface area contributed by atoms with Gasteiger partial charge in [-0.25, -0.2) is 0 Å². The Bertz CT molecular complexity index is 582. The van der Waals surface area contributed by atoms with E-state index < -0.39 is 0 Å². The molecule has 0 aliphatic carbocycles. The lowest BCUT2D eigenvalue weighted by atomic mass is 9.99. The first-order valence-electron chi connectivity index (χ1n) is 6.89. The zero-order valence-electron chi connectivity index (χ0n) is 12.6. The average Bonchev–Trinajstić information content (AvgIpc) is 2.66. The molecule has 0 bridgehead atoms. The van der Waals surface area contributed by atoms with Gasteiger partial charge >= 0.3 is 0 Å². The molecule has 21 heavy (non-hydrogen) atoms. The van der Waals surface area contributed by atoms with Crippen molar-refractivity contribution in [2.75, 3.05) is 19.8 Å². The van der Waals surface area contributed by atoms with Gasteiger partial charge in [-0.3, -0.25) is 14.5 Å². The van der Waals surface area contributed by atoms with Crippen molar-refractivity contribution in [3.8, 4) is 11.8 Å². The molecule has 1 aromatic rings. The van der Waals surface area contributed by atoms with Crippen LogP contribution in [0, 0.1) is 17.3 Å². The average molecular weight is 285 g/mol. The Balaban J connectivity index is 1.89. The van der Waals surface area contributed by atoms with E-state index in [0.29, 0.717) is 24.3 Å². The molecule has 0 atom stereocenters. The van der Waals surface area contributed by atoms with Crippen LogP contribution in [0.2, 0.25) is 0 Å². The predicted octanol–water partition coefficient (Wildman–Crippen LogP) is 2.35. The molecule has 0 spiro atoms. The molecule has 0 radical (unpaired) electrons. The zero-order valence-corrected chi connectivity index (χ0v) is 12.6. The molecule has 1 aromatic carbocycles. The molecule has 110 valence electrons. The van der Waals surface area contributed by atoms with Gasteiger partial charge in [0.1, 0.15) is 6.61 Å². The number of amides is 2. The monoisotopic (exact) mass is 285 g/mol. The van der Waals surface area contributed by atoms with Crippen LogP contribution >= 0.6 is 0 Å². The third-order valence-electron chi connectivity index (χ3n) is 2.95. The molecule has 0 saturated carbocycles. The van der Waals surface area contributed by atoms with E-state index in [0.717, 1.165) is 0 Å². The quantitative estimate of drug-likeness (QED) is 0.486. The van der Waals surface area contributed by atoms with Crippen molar-refractivity contribution in [3.05, 3.63) is 35.4 Å². The third kappa shape index (κ3) is 3.71. The summed E-state index contributed by atoms with van der Waals surface area (Å²) in [5.74, 6) is 5.10. The first-order valence-corrected chi connectivity index (χ1v) is 6.89. The first-order chi connectivity index (χ1) is 9.90. The van der Waals surface area contributed by atoms with E-state index in [2.05, 4.69) is 32.6 Å². The number of rotatable bonds is 3. The fraction of sp³-hybridized carbons (Fsp3) is 0.412. The summed E-state index contributed by atoms with van der Waals surface area (Å²) in [5, 5.41) is 0. The third-order valence-corrected chi connectivity index (χ3v) is 2.95. The number of carbonyl (C=O) groups excluding carboxylic acids is 2. The van der Waals surface area contributed by atoms with Gasteiger partial charge in [-0.2, -0.15) is 0 Å². The molecular formula is C17H19NO3. The SMILES string of the molecule is CC(C)(C)COCC#CCN1C(=O)c2ccccc2C1=O. The molecule has 0 aromatic heterocycles. The summed E-state index contributed by atoms with van der Waals surface area (Å²) in [6, 6.07) is 6.82. The Morgan fingerprint density at radius 1 is 1.05 bits per heavy atom. The second kappa shape index (κ2) is 6.11. The van der Waals surface area contributed by atoms with Gasteiger partial charge in [-0.15, -0.1) is 0 Å². The van der Waals surface area contributed by atoms with Gasteiger partial charge in [0.2, 0.25) is 0 Å². The largest absolute Gasteiger partial charge is 0.368 e. The minimum absolute atomic E-state index is 0.101. The Hall–Kier alpha value is -2.12. The normalized spacial score (nSPS) is 14.0. The number of imide groups is 1. The van der Waals surface area contributed by atoms with Gasteiger partial charge in [0.15, 0.2) is 0 Å². The van der Waals surface area contributed by atoms with Gasteiger partial charge in [-0.05, 0) is 17.5 Å². The summed E-state index contributed by atoms with van der Waals surface area (Å²) in [4.78, 5) is 25.3. The van der Waals surface area contributed by atoms with Crippen molar-refractivity contribution < 1.29 is 14.3 Å². The van der Waals surface area contributed by atoms with Gasteiger partial charge < -0.3 is 4.74 Å². The maximum Gasteiger partial charge on any atom is 0.262 e. The summed E-state index contributed by atoms with van der Waals surface area (Å²) in [6.45, 7) is 7.28. The van der Waals surface area contributed by atoms with E-state index in [1.54, 1.807) is 24.3 Å². The molecule has 4 heteroatoms. The number of ether oxygens (including phenoxy) is 1. The fourth-order valence-corrected chi connectivity index (χ4v) is 1.98. The fourth-order valence-electron chi connectivity index (χ4n) is 1.98. The molecule has 1 aliphatic rings. The number of nitrogens with zero attached hydrogens (tertiary/aromatic N) is 1. The van der Waals surface area contributed by atoms with Crippen LogP contribution in [0.15, 0.2) is 24.3 Å². The molecule has 2 amide bonds. The van der Waals surface area contributed by atoms with Crippen LogP contribution in [0.25, 0.3) is 0 Å². The summed E-state index contributed by atoms with van der Waals surface area (Å²) < 4.78 is 5.42. The number of benzene rings is 1. The summed E-state index contributed by atoms with van der Waals surface area (Å²) >= 11 is 0. The van der Waals surface area contributed by atoms with Crippen LogP contribution in [-0.4, -0.2) is 36.5 Å². The Labute approximate surface area is 125 Å². The Kier molecular flexibility index (Phi) is 4.44. The summed E-state index contributed by atoms with van der Waals surface area (Å²) in [7, 11) is 0. The smallest absolute Gasteiger partial charge is 0.262 e. The number of hydrogen-bond donors (Lipinski definition) is 0. The van der Waals surface area contributed by atoms with E-state index in [9.17, 15) is 9.59 Å². The van der Waals surface area contributed by atoms with Crippen molar-refractivity contribution in [1.29, 1.82) is 0 Å². The van der Waals surface area contributed by atoms with E-state index in [-0.39, 0.29) is 23.8 Å². The van der Waals surface area contributed by atoms with Gasteiger partial charge in [0, 0.05) is 0 Å². The van der Waals surface area contributed by atoms with Crippen molar-refractivity contribution in [1.82, 2.24) is 4.90 Å². The standard InChI is InChI=1S/C17H19NO3/c1-17(2,3)12-21-11-7-6-10-18-15(19)13-8-4-5-9-14(13)16(18)20/h4-5,8-9H,10-12H2,1-3H3. The van der Waals surface area contributed by atoms with Crippen molar-refractivity contribution in [3.63, 3.8) is 0 Å². The van der Waals surface area contributed by atoms with E-state index in [4.69, 9.17) is 4.74 Å². The molecule has 0 N–H and O–H groups in total. The first kappa shape index (κ1) is 15.3. The molecule has 0 unspecified atom stereocenters. The van der Waals surface area contributed by atoms with Crippen LogP contribution in [0.3, 0.4) is 0 Å². The van der Waals surface area contributed by atoms with Crippen LogP contribution in [-0.2, 0) is 4.74 Å². The highest BCUT2D eigenvalue weighted by Gasteiger charge is 2.34. The second-order valence-corrected chi connectivity index (χ2v) is 6.15. The minimum atomic E-state index is -0.277. The van der Waals surface area contributed by atoms with Crippen molar-refractivity contribution in [2.24, 2.45) is 5.41 Å². The molecular weight excluding hydrogens is 266 g/mol. The maximum absolute atomic E-state index is 12.1. The van der Waals surface area contributed by atoms with E-state index in [1.165, 1.54) is 4.90 Å². The van der Waals surface area contributed by atoms with Gasteiger partial charge in [-0.1, -0.05) is 44.7 Å². The highest BCUT2D eigenvalue weighted by atomic mass is 16.5. The van der Waals surface area contributed by atoms with Crippen LogP contribution in [0.1, 0.15) is 41.5 Å². The highest BCUT2D eigenvalue weighted by Crippen LogP contribution is 2.21. The number of carbonyl (C=O) groups is 2. The Morgan fingerprint density at radius 2 is 1.62 bits per heavy atom. The highest BCUT2D eigenvalue weighted by molar-refractivity contribution is 6.21. The maximum atomic E-state index is 12.1. The van der Waals surface area contributed by atoms with Crippen LogP contribution in [0.5, 0.6) is 0 Å². The predicted molar refractivity (Wildman–Crippen MR) is 79.9 cm³/mol. The van der Waals surface area contributed by atoms with Gasteiger partial charge in [0.05, 0.1) is 24.3 Å². The Morgan fingerprint density at radius 3 is 2.14 bits per heavy atom. The second-order valence-electron chi connectivity index (χ2n) is 6.15. The van der Waals surface area contributed by atoms with Gasteiger partial charge in [0.25, 0.3) is 11.8 Å². The molecule has 0 fully saturated rings. The lowest BCUT2D eigenvalue weighted by Gasteiger charge is -2.16. The number of fused-ring (bicyclic) bond motifs is 1. The lowest BCUT2D eigenvalue weighted by molar-refractivity contribution is 0.0674. The van der Waals surface area contributed by atoms with Crippen LogP contribution in [0.4, 0.5) is 0 Å². The zero-order chi connectivity index (χ0) is 15.5.